The smallest absolute Gasteiger partial charge is 0.262 e. The number of carbonyl (C=O) groups is 2. The Bertz CT molecular complexity index is 1070. The molecule has 168 valence electrons. The number of amides is 2. The molecule has 0 saturated carbocycles. The third-order valence-corrected chi connectivity index (χ3v) is 7.44. The number of sulfonamides is 1. The highest BCUT2D eigenvalue weighted by molar-refractivity contribution is 7.89. The van der Waals surface area contributed by atoms with Gasteiger partial charge in [-0.15, -0.1) is 0 Å². The van der Waals surface area contributed by atoms with Gasteiger partial charge in [-0.05, 0) is 38.0 Å². The number of halogens is 1. The van der Waals surface area contributed by atoms with Crippen molar-refractivity contribution in [3.05, 3.63) is 35.2 Å². The van der Waals surface area contributed by atoms with E-state index in [9.17, 15) is 18.0 Å². The van der Waals surface area contributed by atoms with E-state index in [1.807, 2.05) is 0 Å². The third kappa shape index (κ3) is 5.25. The number of benzene rings is 1. The second-order valence-electron chi connectivity index (χ2n) is 7.50. The number of rotatable bonds is 6. The molecule has 0 aliphatic carbocycles. The van der Waals surface area contributed by atoms with Crippen LogP contribution in [0.25, 0.3) is 0 Å². The number of hydrogen-bond acceptors (Lipinski definition) is 5. The summed E-state index contributed by atoms with van der Waals surface area (Å²) in [5, 5.41) is 5.90. The van der Waals surface area contributed by atoms with E-state index < -0.39 is 10.0 Å². The minimum atomic E-state index is -3.69. The summed E-state index contributed by atoms with van der Waals surface area (Å²) >= 11 is 6.19. The molecule has 3 rings (SSSR count). The maximum atomic E-state index is 12.8. The van der Waals surface area contributed by atoms with Gasteiger partial charge >= 0.3 is 0 Å². The molecule has 0 bridgehead atoms. The van der Waals surface area contributed by atoms with E-state index in [4.69, 9.17) is 11.6 Å². The summed E-state index contributed by atoms with van der Waals surface area (Å²) < 4.78 is 28.7. The predicted octanol–water partition coefficient (Wildman–Crippen LogP) is 2.77. The molecule has 2 amide bonds. The van der Waals surface area contributed by atoms with Crippen LogP contribution < -0.4 is 10.6 Å². The average molecular weight is 468 g/mol. The number of hydrogen-bond donors (Lipinski definition) is 2. The van der Waals surface area contributed by atoms with Gasteiger partial charge < -0.3 is 15.2 Å². The standard InChI is InChI=1S/C20H26ClN5O4S/c1-4-18(27)23-15-5-6-16(21)17(11-15)24-20(28)14-7-9-26(10-8-14)31(29,30)19-12-25(3)13(2)22-19/h5-6,11-12,14H,4,7-10H2,1-3H3,(H,23,27)(H,24,28). The van der Waals surface area contributed by atoms with E-state index in [0.717, 1.165) is 0 Å². The van der Waals surface area contributed by atoms with Crippen molar-refractivity contribution in [3.63, 3.8) is 0 Å². The highest BCUT2D eigenvalue weighted by Crippen LogP contribution is 2.28. The van der Waals surface area contributed by atoms with Gasteiger partial charge in [-0.2, -0.15) is 4.31 Å². The summed E-state index contributed by atoms with van der Waals surface area (Å²) in [7, 11) is -1.95. The third-order valence-electron chi connectivity index (χ3n) is 5.34. The Morgan fingerprint density at radius 1 is 1.23 bits per heavy atom. The Hall–Kier alpha value is -2.43. The zero-order chi connectivity index (χ0) is 22.8. The number of piperidine rings is 1. The maximum absolute atomic E-state index is 12.8. The molecule has 1 fully saturated rings. The van der Waals surface area contributed by atoms with Gasteiger partial charge in [0.25, 0.3) is 10.0 Å². The summed E-state index contributed by atoms with van der Waals surface area (Å²) in [5.41, 5.74) is 0.942. The fraction of sp³-hybridized carbons (Fsp3) is 0.450. The Labute approximate surface area is 186 Å². The topological polar surface area (TPSA) is 113 Å². The number of carbonyl (C=O) groups excluding carboxylic acids is 2. The molecule has 0 radical (unpaired) electrons. The molecular weight excluding hydrogens is 442 g/mol. The molecule has 1 aromatic heterocycles. The lowest BCUT2D eigenvalue weighted by atomic mass is 9.97. The largest absolute Gasteiger partial charge is 0.337 e. The summed E-state index contributed by atoms with van der Waals surface area (Å²) in [4.78, 5) is 28.5. The summed E-state index contributed by atoms with van der Waals surface area (Å²) in [5.74, 6) is -0.105. The number of imidazole rings is 1. The monoisotopic (exact) mass is 467 g/mol. The molecule has 1 aliphatic rings. The van der Waals surface area contributed by atoms with Crippen molar-refractivity contribution in [1.29, 1.82) is 0 Å². The minimum Gasteiger partial charge on any atom is -0.337 e. The quantitative estimate of drug-likeness (QED) is 0.678. The number of aryl methyl sites for hydroxylation is 2. The van der Waals surface area contributed by atoms with E-state index in [0.29, 0.717) is 41.5 Å². The first-order chi connectivity index (χ1) is 14.6. The van der Waals surface area contributed by atoms with Crippen LogP contribution in [-0.2, 0) is 26.7 Å². The van der Waals surface area contributed by atoms with E-state index in [1.165, 1.54) is 10.5 Å². The van der Waals surface area contributed by atoms with Crippen LogP contribution >= 0.6 is 11.6 Å². The lowest BCUT2D eigenvalue weighted by Crippen LogP contribution is -2.41. The summed E-state index contributed by atoms with van der Waals surface area (Å²) in [6, 6.07) is 4.87. The molecule has 0 atom stereocenters. The fourth-order valence-electron chi connectivity index (χ4n) is 3.32. The van der Waals surface area contributed by atoms with Gasteiger partial charge in [0.2, 0.25) is 11.8 Å². The number of nitrogens with one attached hydrogen (secondary N) is 2. The Morgan fingerprint density at radius 2 is 1.90 bits per heavy atom. The highest BCUT2D eigenvalue weighted by atomic mass is 35.5. The molecule has 0 unspecified atom stereocenters. The Balaban J connectivity index is 1.63. The molecule has 2 aromatic rings. The van der Waals surface area contributed by atoms with Gasteiger partial charge in [-0.3, -0.25) is 9.59 Å². The van der Waals surface area contributed by atoms with Gasteiger partial charge in [0.1, 0.15) is 5.82 Å². The van der Waals surface area contributed by atoms with E-state index >= 15 is 0 Å². The average Bonchev–Trinajstić information content (AvgIpc) is 3.09. The molecule has 31 heavy (non-hydrogen) atoms. The molecule has 1 saturated heterocycles. The van der Waals surface area contributed by atoms with Crippen LogP contribution in [0.3, 0.4) is 0 Å². The summed E-state index contributed by atoms with van der Waals surface area (Å²) in [6.07, 6.45) is 2.61. The molecule has 2 heterocycles. The van der Waals surface area contributed by atoms with Crippen molar-refractivity contribution in [1.82, 2.24) is 13.9 Å². The second kappa shape index (κ2) is 9.37. The first kappa shape index (κ1) is 23.2. The van der Waals surface area contributed by atoms with E-state index in [2.05, 4.69) is 15.6 Å². The van der Waals surface area contributed by atoms with Crippen LogP contribution in [0.2, 0.25) is 5.02 Å². The Kier molecular flexibility index (Phi) is 7.03. The maximum Gasteiger partial charge on any atom is 0.262 e. The van der Waals surface area contributed by atoms with Crippen molar-refractivity contribution < 1.29 is 18.0 Å². The number of anilines is 2. The van der Waals surface area contributed by atoms with Crippen LogP contribution in [0.5, 0.6) is 0 Å². The van der Waals surface area contributed by atoms with Crippen molar-refractivity contribution in [3.8, 4) is 0 Å². The molecular formula is C20H26ClN5O4S. The lowest BCUT2D eigenvalue weighted by molar-refractivity contribution is -0.121. The number of nitrogens with zero attached hydrogens (tertiary/aromatic N) is 3. The van der Waals surface area contributed by atoms with E-state index in [1.54, 1.807) is 43.7 Å². The molecule has 11 heteroatoms. The SMILES string of the molecule is CCC(=O)Nc1ccc(Cl)c(NC(=O)C2CCN(S(=O)(=O)c3cn(C)c(C)n3)CC2)c1. The van der Waals surface area contributed by atoms with Crippen molar-refractivity contribution >= 4 is 44.8 Å². The molecule has 0 spiro atoms. The van der Waals surface area contributed by atoms with E-state index in [-0.39, 0.29) is 35.8 Å². The lowest BCUT2D eigenvalue weighted by Gasteiger charge is -2.30. The van der Waals surface area contributed by atoms with Crippen molar-refractivity contribution in [2.45, 2.75) is 38.1 Å². The van der Waals surface area contributed by atoms with Crippen molar-refractivity contribution in [2.75, 3.05) is 23.7 Å². The van der Waals surface area contributed by atoms with Gasteiger partial charge in [-0.25, -0.2) is 13.4 Å². The fourth-order valence-corrected chi connectivity index (χ4v) is 4.98. The van der Waals surface area contributed by atoms with Gasteiger partial charge in [0.05, 0.1) is 10.7 Å². The van der Waals surface area contributed by atoms with Crippen LogP contribution in [0.4, 0.5) is 11.4 Å². The van der Waals surface area contributed by atoms with Crippen LogP contribution in [0.15, 0.2) is 29.4 Å². The van der Waals surface area contributed by atoms with Crippen LogP contribution in [0, 0.1) is 12.8 Å². The first-order valence-electron chi connectivity index (χ1n) is 10.0. The van der Waals surface area contributed by atoms with Gasteiger partial charge in [-0.1, -0.05) is 18.5 Å². The molecule has 1 aromatic carbocycles. The minimum absolute atomic E-state index is 0.0214. The zero-order valence-corrected chi connectivity index (χ0v) is 19.3. The molecule has 1 aliphatic heterocycles. The van der Waals surface area contributed by atoms with Crippen LogP contribution in [0.1, 0.15) is 32.0 Å². The number of aromatic nitrogens is 2. The van der Waals surface area contributed by atoms with Crippen molar-refractivity contribution in [2.24, 2.45) is 13.0 Å². The second-order valence-corrected chi connectivity index (χ2v) is 9.79. The molecule has 9 nitrogen and oxygen atoms in total. The summed E-state index contributed by atoms with van der Waals surface area (Å²) in [6.45, 7) is 3.95. The van der Waals surface area contributed by atoms with Crippen LogP contribution in [-0.4, -0.2) is 47.2 Å². The molecule has 2 N–H and O–H groups in total. The highest BCUT2D eigenvalue weighted by Gasteiger charge is 2.33. The zero-order valence-electron chi connectivity index (χ0n) is 17.7. The van der Waals surface area contributed by atoms with Gasteiger partial charge in [0.15, 0.2) is 5.03 Å². The predicted molar refractivity (Wildman–Crippen MR) is 118 cm³/mol. The normalized spacial score (nSPS) is 15.6. The first-order valence-corrected chi connectivity index (χ1v) is 11.8. The Morgan fingerprint density at radius 3 is 2.48 bits per heavy atom. The van der Waals surface area contributed by atoms with Gasteiger partial charge in [0, 0.05) is 44.4 Å².